The predicted molar refractivity (Wildman–Crippen MR) is 132 cm³/mol. The van der Waals surface area contributed by atoms with Crippen molar-refractivity contribution >= 4 is 57.1 Å². The van der Waals surface area contributed by atoms with Crippen molar-refractivity contribution in [2.24, 2.45) is 11.8 Å². The maximum atomic E-state index is 12.7. The maximum absolute atomic E-state index is 12.7. The van der Waals surface area contributed by atoms with Crippen LogP contribution in [0.25, 0.3) is 0 Å². The third-order valence-electron chi connectivity index (χ3n) is 5.72. The zero-order valence-corrected chi connectivity index (χ0v) is 21.0. The molecule has 0 spiro atoms. The Morgan fingerprint density at radius 3 is 2.39 bits per heavy atom. The van der Waals surface area contributed by atoms with Crippen LogP contribution in [-0.4, -0.2) is 58.5 Å². The number of esters is 1. The fraction of sp³-hybridized carbons (Fsp3) is 0.273. The normalized spacial score (nSPS) is 17.8. The third kappa shape index (κ3) is 7.12. The van der Waals surface area contributed by atoms with Crippen molar-refractivity contribution in [2.75, 3.05) is 11.9 Å². The van der Waals surface area contributed by atoms with Gasteiger partial charge in [0.1, 0.15) is 12.5 Å². The molecule has 3 rings (SSSR count). The summed E-state index contributed by atoms with van der Waals surface area (Å²) < 4.78 is 37.4. The van der Waals surface area contributed by atoms with Crippen LogP contribution in [0.1, 0.15) is 22.3 Å². The number of nitrogens with one attached hydrogen (secondary N) is 2. The zero-order valence-electron chi connectivity index (χ0n) is 19.3. The van der Waals surface area contributed by atoms with Crippen molar-refractivity contribution < 1.29 is 46.9 Å². The van der Waals surface area contributed by atoms with E-state index in [0.29, 0.717) is 5.56 Å². The molecule has 1 unspecified atom stereocenters. The summed E-state index contributed by atoms with van der Waals surface area (Å²) in [5.74, 6) is -5.13. The molecule has 0 bridgehead atoms. The number of hydrogen-bond donors (Lipinski definition) is 5. The second-order valence-electron chi connectivity index (χ2n) is 8.32. The number of benzene rings is 2. The van der Waals surface area contributed by atoms with E-state index in [0.717, 1.165) is 18.2 Å². The van der Waals surface area contributed by atoms with Crippen molar-refractivity contribution in [1.82, 2.24) is 5.32 Å². The summed E-state index contributed by atoms with van der Waals surface area (Å²) >= 11 is 3.77. The topological polar surface area (TPSA) is 219 Å². The number of nitrogens with zero attached hydrogens (tertiary/aromatic N) is 1. The molecule has 0 aliphatic carbocycles. The number of amides is 1. The molecule has 16 heteroatoms. The Hall–Kier alpha value is -3.86. The molecule has 1 aliphatic heterocycles. The summed E-state index contributed by atoms with van der Waals surface area (Å²) in [6.45, 7) is -0.207. The average Bonchev–Trinajstić information content (AvgIpc) is 3.31. The van der Waals surface area contributed by atoms with Crippen LogP contribution in [0.4, 0.5) is 11.4 Å². The Morgan fingerprint density at radius 2 is 1.84 bits per heavy atom. The number of aromatic carboxylic acids is 1. The molecule has 1 amide bonds. The number of carbonyl (C=O) groups is 4. The van der Waals surface area contributed by atoms with Gasteiger partial charge in [-0.3, -0.25) is 29.1 Å². The van der Waals surface area contributed by atoms with Crippen LogP contribution in [0, 0.1) is 22.0 Å². The number of rotatable bonds is 10. The van der Waals surface area contributed by atoms with Crippen LogP contribution in [0.15, 0.2) is 47.4 Å². The lowest BCUT2D eigenvalue weighted by Gasteiger charge is -2.18. The number of nitro benzene ring substituents is 1. The van der Waals surface area contributed by atoms with Crippen LogP contribution >= 0.6 is 12.6 Å². The van der Waals surface area contributed by atoms with Gasteiger partial charge in [0, 0.05) is 24.4 Å². The van der Waals surface area contributed by atoms with E-state index in [9.17, 15) is 47.4 Å². The molecule has 0 radical (unpaired) electrons. The minimum atomic E-state index is -4.76. The van der Waals surface area contributed by atoms with Gasteiger partial charge in [0.05, 0.1) is 21.4 Å². The predicted octanol–water partition coefficient (Wildman–Crippen LogP) is 1.27. The lowest BCUT2D eigenvalue weighted by molar-refractivity contribution is -0.384. The zero-order chi connectivity index (χ0) is 28.2. The Kier molecular flexibility index (Phi) is 8.82. The molecule has 4 N–H and O–H groups in total. The van der Waals surface area contributed by atoms with E-state index in [4.69, 9.17) is 4.74 Å². The third-order valence-corrected chi connectivity index (χ3v) is 6.83. The molecule has 2 aromatic carbocycles. The van der Waals surface area contributed by atoms with Crippen molar-refractivity contribution in [3.8, 4) is 0 Å². The van der Waals surface area contributed by atoms with Gasteiger partial charge in [-0.25, -0.2) is 4.79 Å². The van der Waals surface area contributed by atoms with Gasteiger partial charge in [-0.1, -0.05) is 0 Å². The van der Waals surface area contributed by atoms with Gasteiger partial charge in [-0.15, -0.1) is 12.6 Å². The second-order valence-corrected chi connectivity index (χ2v) is 10.2. The van der Waals surface area contributed by atoms with Gasteiger partial charge in [0.2, 0.25) is 5.91 Å². The number of non-ortho nitro benzene ring substituents is 1. The van der Waals surface area contributed by atoms with E-state index < -0.39 is 66.3 Å². The number of carbonyl (C=O) groups excluding carboxylic acids is 3. The van der Waals surface area contributed by atoms with Crippen molar-refractivity contribution in [3.63, 3.8) is 0 Å². The first-order chi connectivity index (χ1) is 17.8. The molecule has 38 heavy (non-hydrogen) atoms. The maximum Gasteiger partial charge on any atom is 0.335 e. The van der Waals surface area contributed by atoms with Crippen molar-refractivity contribution in [1.29, 1.82) is 0 Å². The first kappa shape index (κ1) is 28.7. The highest BCUT2D eigenvalue weighted by molar-refractivity contribution is 7.96. The molecular formula is C22H21N3O11S2. The smallest absolute Gasteiger partial charge is 0.335 e. The van der Waals surface area contributed by atoms with Crippen LogP contribution in [0.5, 0.6) is 0 Å². The highest BCUT2D eigenvalue weighted by atomic mass is 32.2. The molecule has 0 aromatic heterocycles. The number of ether oxygens (including phenoxy) is 1. The number of hydrogen-bond acceptors (Lipinski definition) is 10. The van der Waals surface area contributed by atoms with E-state index >= 15 is 0 Å². The highest BCUT2D eigenvalue weighted by Gasteiger charge is 2.41. The minimum Gasteiger partial charge on any atom is -0.478 e. The summed E-state index contributed by atoms with van der Waals surface area (Å²) in [4.78, 5) is 58.3. The molecule has 1 heterocycles. The molecule has 202 valence electrons. The number of carboxylic acids is 1. The fourth-order valence-electron chi connectivity index (χ4n) is 3.84. The van der Waals surface area contributed by atoms with Crippen molar-refractivity contribution in [3.05, 3.63) is 63.7 Å². The van der Waals surface area contributed by atoms with Gasteiger partial charge in [-0.05, 0) is 48.2 Å². The van der Waals surface area contributed by atoms with Crippen LogP contribution in [0.3, 0.4) is 0 Å². The van der Waals surface area contributed by atoms with E-state index in [2.05, 4.69) is 23.3 Å². The lowest BCUT2D eigenvalue weighted by atomic mass is 9.90. The van der Waals surface area contributed by atoms with Gasteiger partial charge in [0.15, 0.2) is 5.12 Å². The summed E-state index contributed by atoms with van der Waals surface area (Å²) in [7, 11) is -4.76. The highest BCUT2D eigenvalue weighted by Crippen LogP contribution is 2.28. The van der Waals surface area contributed by atoms with Crippen LogP contribution < -0.4 is 10.6 Å². The van der Waals surface area contributed by atoms with Gasteiger partial charge in [-0.2, -0.15) is 8.42 Å². The Balaban J connectivity index is 1.66. The Labute approximate surface area is 220 Å². The molecule has 1 saturated heterocycles. The quantitative estimate of drug-likeness (QED) is 0.0684. The van der Waals surface area contributed by atoms with Crippen LogP contribution in [0.2, 0.25) is 0 Å². The molecule has 1 aliphatic rings. The first-order valence-electron chi connectivity index (χ1n) is 10.8. The van der Waals surface area contributed by atoms with Crippen molar-refractivity contribution in [2.45, 2.75) is 24.0 Å². The lowest BCUT2D eigenvalue weighted by Crippen LogP contribution is -2.35. The summed E-state index contributed by atoms with van der Waals surface area (Å²) in [5.41, 5.74) is -0.404. The minimum absolute atomic E-state index is 0.0147. The SMILES string of the molecule is O=C(O)c1cc(NC(=O)[C@@H]2C[C@@H](C(C(=O)S)C(=O)OCc3ccc([N+](=O)[O-])cc3)CN2)cc(S(=O)(=O)O)c1. The van der Waals surface area contributed by atoms with Gasteiger partial charge < -0.3 is 20.5 Å². The largest absolute Gasteiger partial charge is 0.478 e. The molecule has 2 aromatic rings. The van der Waals surface area contributed by atoms with Crippen LogP contribution in [-0.2, 0) is 35.8 Å². The molecule has 3 atom stereocenters. The molecule has 14 nitrogen and oxygen atoms in total. The molecular weight excluding hydrogens is 546 g/mol. The summed E-state index contributed by atoms with van der Waals surface area (Å²) in [5, 5.41) is 24.3. The molecule has 1 fully saturated rings. The second kappa shape index (κ2) is 11.7. The summed E-state index contributed by atoms with van der Waals surface area (Å²) in [6.07, 6.45) is -0.0147. The van der Waals surface area contributed by atoms with Gasteiger partial charge in [0.25, 0.3) is 15.8 Å². The fourth-order valence-corrected chi connectivity index (χ4v) is 4.71. The van der Waals surface area contributed by atoms with Gasteiger partial charge >= 0.3 is 11.9 Å². The monoisotopic (exact) mass is 567 g/mol. The summed E-state index contributed by atoms with van der Waals surface area (Å²) in [6, 6.07) is 6.92. The number of thiol groups is 1. The number of nitro groups is 1. The number of carboxylic acid groups (broad SMARTS) is 1. The number of anilines is 1. The van der Waals surface area contributed by atoms with E-state index in [1.54, 1.807) is 0 Å². The Bertz CT molecular complexity index is 1390. The molecule has 0 saturated carbocycles. The van der Waals surface area contributed by atoms with E-state index in [1.807, 2.05) is 0 Å². The first-order valence-corrected chi connectivity index (χ1v) is 12.7. The standard InChI is InChI=1S/C22H21N3O11S2/c26-19(24-14-5-12(20(27)28)6-16(8-14)38(33,34)35)17-7-13(9-23-17)18(22(30)37)21(29)36-10-11-1-3-15(4-2-11)25(31)32/h1-6,8,13,17-18,23H,7,9-10H2,(H,24,26)(H,27,28)(H,30,37)(H,33,34,35)/t13-,17+,18?/m1/s1. The van der Waals surface area contributed by atoms with E-state index in [-0.39, 0.29) is 30.9 Å². The Morgan fingerprint density at radius 1 is 1.18 bits per heavy atom. The average molecular weight is 568 g/mol. The van der Waals surface area contributed by atoms with E-state index in [1.165, 1.54) is 24.3 Å².